The minimum atomic E-state index is 0.281. The Morgan fingerprint density at radius 1 is 1.08 bits per heavy atom. The quantitative estimate of drug-likeness (QED) is 0.601. The molecule has 0 fully saturated rings. The lowest BCUT2D eigenvalue weighted by Crippen LogP contribution is -2.32. The number of allylic oxidation sites excluding steroid dienone is 1. The Labute approximate surface area is 166 Å². The molecule has 1 atom stereocenters. The molecule has 0 radical (unpaired) electrons. The van der Waals surface area contributed by atoms with Gasteiger partial charge in [0, 0.05) is 22.3 Å². The topological polar surface area (TPSA) is 15.3 Å². The highest BCUT2D eigenvalue weighted by Gasteiger charge is 2.26. The zero-order valence-electron chi connectivity index (χ0n) is 16.5. The van der Waals surface area contributed by atoms with Crippen molar-refractivity contribution in [2.75, 3.05) is 18.0 Å². The lowest BCUT2D eigenvalue weighted by atomic mass is 9.88. The molecule has 0 amide bonds. The van der Waals surface area contributed by atoms with E-state index in [-0.39, 0.29) is 6.04 Å². The molecule has 2 aromatic rings. The molecule has 138 valence electrons. The summed E-state index contributed by atoms with van der Waals surface area (Å²) in [5.74, 6) is 0. The van der Waals surface area contributed by atoms with Crippen LogP contribution in [0.25, 0.3) is 11.1 Å². The molecule has 1 aliphatic heterocycles. The van der Waals surface area contributed by atoms with Crippen molar-refractivity contribution < 1.29 is 0 Å². The predicted octanol–water partition coefficient (Wildman–Crippen LogP) is 6.52. The fourth-order valence-corrected chi connectivity index (χ4v) is 4.81. The number of halogens is 1. The highest BCUT2D eigenvalue weighted by atomic mass is 79.9. The van der Waals surface area contributed by atoms with E-state index in [1.807, 2.05) is 0 Å². The number of para-hydroxylation sites is 1. The van der Waals surface area contributed by atoms with Gasteiger partial charge < -0.3 is 10.2 Å². The number of nitrogens with zero attached hydrogens (tertiary/aromatic N) is 1. The molecule has 0 aliphatic carbocycles. The monoisotopic (exact) mass is 412 g/mol. The fourth-order valence-electron chi connectivity index (χ4n) is 4.12. The third-order valence-electron chi connectivity index (χ3n) is 5.20. The molecule has 1 N–H and O–H groups in total. The van der Waals surface area contributed by atoms with E-state index in [2.05, 4.69) is 97.2 Å². The maximum Gasteiger partial charge on any atom is 0.0546 e. The van der Waals surface area contributed by atoms with Gasteiger partial charge >= 0.3 is 0 Å². The zero-order valence-corrected chi connectivity index (χ0v) is 18.1. The lowest BCUT2D eigenvalue weighted by molar-refractivity contribution is 0.600. The molecule has 3 rings (SSSR count). The molecule has 2 aromatic carbocycles. The average Bonchev–Trinajstić information content (AvgIpc) is 2.59. The van der Waals surface area contributed by atoms with Gasteiger partial charge in [-0.25, -0.2) is 0 Å². The molecule has 0 bridgehead atoms. The minimum Gasteiger partial charge on any atom is -0.345 e. The minimum absolute atomic E-state index is 0.281. The smallest absolute Gasteiger partial charge is 0.0546 e. The van der Waals surface area contributed by atoms with Crippen molar-refractivity contribution in [3.8, 4) is 11.1 Å². The summed E-state index contributed by atoms with van der Waals surface area (Å²) < 4.78 is 1.15. The van der Waals surface area contributed by atoms with Crippen molar-refractivity contribution in [1.82, 2.24) is 5.32 Å². The van der Waals surface area contributed by atoms with Crippen LogP contribution in [0.5, 0.6) is 0 Å². The summed E-state index contributed by atoms with van der Waals surface area (Å²) >= 11 is 3.64. The van der Waals surface area contributed by atoms with Crippen LogP contribution in [0.1, 0.15) is 49.9 Å². The summed E-state index contributed by atoms with van der Waals surface area (Å²) in [6, 6.07) is 11.5. The van der Waals surface area contributed by atoms with E-state index in [1.54, 1.807) is 0 Å². The van der Waals surface area contributed by atoms with Gasteiger partial charge in [0.1, 0.15) is 0 Å². The Morgan fingerprint density at radius 3 is 2.38 bits per heavy atom. The Bertz CT molecular complexity index is 815. The number of hydrogen-bond donors (Lipinski definition) is 1. The second-order valence-corrected chi connectivity index (χ2v) is 8.06. The standard InChI is InChI=1S/C23H29BrN2/c1-6-11-25-21-14-17(5)26(7-2)23-19(21)9-8-10-20(23)22-15(3)12-18(24)13-16(22)4/h8-10,12-14,21,25H,6-7,11H2,1-5H3. The second kappa shape index (κ2) is 7.98. The number of hydrogen-bond acceptors (Lipinski definition) is 2. The van der Waals surface area contributed by atoms with Crippen molar-refractivity contribution in [2.45, 2.75) is 47.1 Å². The molecule has 1 unspecified atom stereocenters. The Morgan fingerprint density at radius 2 is 1.77 bits per heavy atom. The first-order chi connectivity index (χ1) is 12.5. The number of aryl methyl sites for hydroxylation is 2. The number of anilines is 1. The molecular formula is C23H29BrN2. The van der Waals surface area contributed by atoms with E-state index >= 15 is 0 Å². The molecule has 3 heteroatoms. The molecule has 0 saturated carbocycles. The third kappa shape index (κ3) is 3.47. The summed E-state index contributed by atoms with van der Waals surface area (Å²) in [6.45, 7) is 13.1. The van der Waals surface area contributed by atoms with Crippen LogP contribution in [0, 0.1) is 13.8 Å². The molecular weight excluding hydrogens is 384 g/mol. The van der Waals surface area contributed by atoms with Crippen molar-refractivity contribution >= 4 is 21.6 Å². The van der Waals surface area contributed by atoms with Gasteiger partial charge in [-0.1, -0.05) is 41.1 Å². The summed E-state index contributed by atoms with van der Waals surface area (Å²) in [6.07, 6.45) is 3.51. The van der Waals surface area contributed by atoms with Crippen LogP contribution < -0.4 is 10.2 Å². The number of fused-ring (bicyclic) bond motifs is 1. The van der Waals surface area contributed by atoms with Gasteiger partial charge in [-0.15, -0.1) is 0 Å². The van der Waals surface area contributed by atoms with Crippen LogP contribution in [0.4, 0.5) is 5.69 Å². The molecule has 0 saturated heterocycles. The van der Waals surface area contributed by atoms with Gasteiger partial charge in [0.25, 0.3) is 0 Å². The normalized spacial score (nSPS) is 16.5. The van der Waals surface area contributed by atoms with Gasteiger partial charge in [0.15, 0.2) is 0 Å². The van der Waals surface area contributed by atoms with E-state index in [0.717, 1.165) is 24.0 Å². The maximum absolute atomic E-state index is 3.71. The summed E-state index contributed by atoms with van der Waals surface area (Å²) in [7, 11) is 0. The van der Waals surface area contributed by atoms with Gasteiger partial charge in [-0.3, -0.25) is 0 Å². The van der Waals surface area contributed by atoms with Crippen LogP contribution >= 0.6 is 15.9 Å². The first-order valence-electron chi connectivity index (χ1n) is 9.57. The van der Waals surface area contributed by atoms with E-state index < -0.39 is 0 Å². The molecule has 1 aliphatic rings. The van der Waals surface area contributed by atoms with Crippen LogP contribution in [0.2, 0.25) is 0 Å². The summed E-state index contributed by atoms with van der Waals surface area (Å²) in [4.78, 5) is 2.45. The number of benzene rings is 2. The number of nitrogens with one attached hydrogen (secondary N) is 1. The first kappa shape index (κ1) is 19.2. The van der Waals surface area contributed by atoms with Crippen molar-refractivity contribution in [1.29, 1.82) is 0 Å². The number of rotatable bonds is 5. The van der Waals surface area contributed by atoms with Gasteiger partial charge in [-0.2, -0.15) is 0 Å². The van der Waals surface area contributed by atoms with Crippen LogP contribution in [-0.2, 0) is 0 Å². The zero-order chi connectivity index (χ0) is 18.8. The first-order valence-corrected chi connectivity index (χ1v) is 10.4. The molecule has 26 heavy (non-hydrogen) atoms. The molecule has 0 aromatic heterocycles. The van der Waals surface area contributed by atoms with Gasteiger partial charge in [0.2, 0.25) is 0 Å². The average molecular weight is 413 g/mol. The van der Waals surface area contributed by atoms with Crippen molar-refractivity contribution in [3.05, 3.63) is 63.3 Å². The van der Waals surface area contributed by atoms with Gasteiger partial charge in [-0.05, 0) is 81.1 Å². The van der Waals surface area contributed by atoms with Crippen LogP contribution in [-0.4, -0.2) is 13.1 Å². The third-order valence-corrected chi connectivity index (χ3v) is 5.66. The van der Waals surface area contributed by atoms with Crippen molar-refractivity contribution in [3.63, 3.8) is 0 Å². The highest BCUT2D eigenvalue weighted by molar-refractivity contribution is 9.10. The fraction of sp³-hybridized carbons (Fsp3) is 0.391. The largest absolute Gasteiger partial charge is 0.345 e. The van der Waals surface area contributed by atoms with E-state index in [9.17, 15) is 0 Å². The lowest BCUT2D eigenvalue weighted by Gasteiger charge is -2.36. The summed E-state index contributed by atoms with van der Waals surface area (Å²) in [5, 5.41) is 3.71. The Kier molecular flexibility index (Phi) is 5.89. The van der Waals surface area contributed by atoms with E-state index in [1.165, 1.54) is 39.2 Å². The SMILES string of the molecule is CCCNC1C=C(C)N(CC)c2c(-c3c(C)cc(Br)cc3C)cccc21. The summed E-state index contributed by atoms with van der Waals surface area (Å²) in [5.41, 5.74) is 9.38. The van der Waals surface area contributed by atoms with E-state index in [4.69, 9.17) is 0 Å². The second-order valence-electron chi connectivity index (χ2n) is 7.14. The molecule has 2 nitrogen and oxygen atoms in total. The highest BCUT2D eigenvalue weighted by Crippen LogP contribution is 2.44. The van der Waals surface area contributed by atoms with E-state index in [0.29, 0.717) is 0 Å². The van der Waals surface area contributed by atoms with Gasteiger partial charge in [0.05, 0.1) is 11.7 Å². The molecule has 1 heterocycles. The van der Waals surface area contributed by atoms with Crippen molar-refractivity contribution in [2.24, 2.45) is 0 Å². The molecule has 0 spiro atoms. The predicted molar refractivity (Wildman–Crippen MR) is 117 cm³/mol. The van der Waals surface area contributed by atoms with Crippen LogP contribution in [0.3, 0.4) is 0 Å². The Balaban J connectivity index is 2.23. The van der Waals surface area contributed by atoms with Crippen LogP contribution in [0.15, 0.2) is 46.6 Å². The Hall–Kier alpha value is -1.58. The maximum atomic E-state index is 3.71.